The average molecular weight is 539 g/mol. The van der Waals surface area contributed by atoms with Crippen LogP contribution in [0.4, 0.5) is 0 Å². The van der Waals surface area contributed by atoms with Gasteiger partial charge in [-0.15, -0.1) is 0 Å². The van der Waals surface area contributed by atoms with E-state index in [4.69, 9.17) is 14.4 Å². The summed E-state index contributed by atoms with van der Waals surface area (Å²) in [6, 6.07) is 42.6. The van der Waals surface area contributed by atoms with Crippen molar-refractivity contribution in [1.29, 1.82) is 0 Å². The van der Waals surface area contributed by atoms with Crippen LogP contribution in [0.3, 0.4) is 0 Å². The molecule has 2 heterocycles. The lowest BCUT2D eigenvalue weighted by molar-refractivity contribution is 0.657. The van der Waals surface area contributed by atoms with E-state index in [1.165, 1.54) is 22.3 Å². The minimum Gasteiger partial charge on any atom is -0.455 e. The van der Waals surface area contributed by atoms with E-state index in [0.29, 0.717) is 5.82 Å². The van der Waals surface area contributed by atoms with Crippen molar-refractivity contribution < 1.29 is 4.42 Å². The third-order valence-electron chi connectivity index (χ3n) is 9.07. The van der Waals surface area contributed by atoms with Crippen LogP contribution in [0, 0.1) is 0 Å². The number of fused-ring (bicyclic) bond motifs is 10. The molecule has 0 bridgehead atoms. The first-order valence-corrected chi connectivity index (χ1v) is 14.4. The first-order chi connectivity index (χ1) is 20.6. The van der Waals surface area contributed by atoms with Crippen LogP contribution >= 0.6 is 0 Å². The molecule has 0 amide bonds. The van der Waals surface area contributed by atoms with Crippen LogP contribution < -0.4 is 0 Å². The topological polar surface area (TPSA) is 38.9 Å². The van der Waals surface area contributed by atoms with Crippen molar-refractivity contribution in [1.82, 2.24) is 9.97 Å². The van der Waals surface area contributed by atoms with Crippen molar-refractivity contribution in [2.24, 2.45) is 0 Å². The fraction of sp³-hybridized carbons (Fsp3) is 0.0769. The summed E-state index contributed by atoms with van der Waals surface area (Å²) >= 11 is 0. The Kier molecular flexibility index (Phi) is 4.67. The molecule has 0 radical (unpaired) electrons. The molecule has 3 nitrogen and oxygen atoms in total. The minimum atomic E-state index is -0.182. The van der Waals surface area contributed by atoms with E-state index < -0.39 is 0 Å². The molecular formula is C39H26N2O. The van der Waals surface area contributed by atoms with Gasteiger partial charge in [0.1, 0.15) is 11.2 Å². The van der Waals surface area contributed by atoms with Crippen molar-refractivity contribution in [3.63, 3.8) is 0 Å². The van der Waals surface area contributed by atoms with Crippen LogP contribution in [0.5, 0.6) is 0 Å². The van der Waals surface area contributed by atoms with Gasteiger partial charge >= 0.3 is 0 Å². The Morgan fingerprint density at radius 2 is 1.33 bits per heavy atom. The van der Waals surface area contributed by atoms with Crippen LogP contribution in [0.25, 0.3) is 77.4 Å². The predicted octanol–water partition coefficient (Wildman–Crippen LogP) is 10.3. The lowest BCUT2D eigenvalue weighted by atomic mass is 9.81. The first-order valence-electron chi connectivity index (χ1n) is 14.4. The molecule has 42 heavy (non-hydrogen) atoms. The molecule has 0 atom stereocenters. The largest absolute Gasteiger partial charge is 0.455 e. The number of benzene rings is 6. The Bertz CT molecular complexity index is 2380. The highest BCUT2D eigenvalue weighted by atomic mass is 16.3. The van der Waals surface area contributed by atoms with Crippen LogP contribution in [-0.4, -0.2) is 9.97 Å². The highest BCUT2D eigenvalue weighted by Crippen LogP contribution is 2.54. The third-order valence-corrected chi connectivity index (χ3v) is 9.07. The molecule has 9 rings (SSSR count). The Balaban J connectivity index is 1.46. The summed E-state index contributed by atoms with van der Waals surface area (Å²) < 4.78 is 6.71. The number of para-hydroxylation sites is 1. The maximum Gasteiger partial charge on any atom is 0.164 e. The summed E-state index contributed by atoms with van der Waals surface area (Å²) in [4.78, 5) is 10.7. The molecule has 0 saturated carbocycles. The van der Waals surface area contributed by atoms with Crippen molar-refractivity contribution in [2.75, 3.05) is 0 Å². The molecule has 8 aromatic rings. The molecular weight excluding hydrogens is 512 g/mol. The molecule has 6 aromatic carbocycles. The maximum atomic E-state index is 6.71. The smallest absolute Gasteiger partial charge is 0.164 e. The zero-order valence-electron chi connectivity index (χ0n) is 23.3. The zero-order valence-corrected chi connectivity index (χ0v) is 23.3. The molecule has 0 spiro atoms. The lowest BCUT2D eigenvalue weighted by Gasteiger charge is -2.22. The normalized spacial score (nSPS) is 13.7. The number of hydrogen-bond donors (Lipinski definition) is 0. The zero-order chi connectivity index (χ0) is 28.0. The molecule has 2 aromatic heterocycles. The van der Waals surface area contributed by atoms with Crippen LogP contribution in [0.2, 0.25) is 0 Å². The Morgan fingerprint density at radius 1 is 0.595 bits per heavy atom. The fourth-order valence-corrected chi connectivity index (χ4v) is 7.03. The van der Waals surface area contributed by atoms with Gasteiger partial charge in [0, 0.05) is 32.5 Å². The second-order valence-electron chi connectivity index (χ2n) is 11.8. The van der Waals surface area contributed by atoms with Gasteiger partial charge in [0.2, 0.25) is 0 Å². The van der Waals surface area contributed by atoms with E-state index in [2.05, 4.69) is 123 Å². The van der Waals surface area contributed by atoms with Crippen LogP contribution in [-0.2, 0) is 5.41 Å². The van der Waals surface area contributed by atoms with E-state index in [-0.39, 0.29) is 5.41 Å². The monoisotopic (exact) mass is 538 g/mol. The van der Waals surface area contributed by atoms with E-state index in [1.54, 1.807) is 0 Å². The van der Waals surface area contributed by atoms with Gasteiger partial charge < -0.3 is 4.42 Å². The highest BCUT2D eigenvalue weighted by Gasteiger charge is 2.38. The average Bonchev–Trinajstić information content (AvgIpc) is 3.53. The van der Waals surface area contributed by atoms with Gasteiger partial charge in [-0.2, -0.15) is 0 Å². The molecule has 0 N–H and O–H groups in total. The van der Waals surface area contributed by atoms with Gasteiger partial charge in [-0.3, -0.25) is 0 Å². The maximum absolute atomic E-state index is 6.71. The first kappa shape index (κ1) is 23.4. The van der Waals surface area contributed by atoms with Crippen molar-refractivity contribution in [3.8, 4) is 33.8 Å². The van der Waals surface area contributed by atoms with Gasteiger partial charge in [-0.1, -0.05) is 117 Å². The van der Waals surface area contributed by atoms with Gasteiger partial charge in [0.15, 0.2) is 5.82 Å². The van der Waals surface area contributed by atoms with Gasteiger partial charge in [0.25, 0.3) is 0 Å². The standard InChI is InChI=1S/C39H26N2O/c1-39(2)30-18-10-8-16-26(30)33-31(39)22-29(37-34(33)27-17-9-11-19-32(27)42-37)38-40-35(24-13-4-3-5-14-24)28-21-20-23-12-6-7-15-25(23)36(28)41-38/h3-22H,1-2H3. The van der Waals surface area contributed by atoms with Crippen molar-refractivity contribution in [3.05, 3.63) is 132 Å². The predicted molar refractivity (Wildman–Crippen MR) is 173 cm³/mol. The number of rotatable bonds is 2. The summed E-state index contributed by atoms with van der Waals surface area (Å²) in [7, 11) is 0. The summed E-state index contributed by atoms with van der Waals surface area (Å²) in [5, 5.41) is 5.57. The van der Waals surface area contributed by atoms with Crippen molar-refractivity contribution in [2.45, 2.75) is 19.3 Å². The Labute approximate surface area is 243 Å². The molecule has 1 aliphatic rings. The number of aromatic nitrogens is 2. The molecule has 3 heteroatoms. The van der Waals surface area contributed by atoms with Crippen LogP contribution in [0.15, 0.2) is 126 Å². The number of hydrogen-bond acceptors (Lipinski definition) is 3. The summed E-state index contributed by atoms with van der Waals surface area (Å²) in [6.45, 7) is 4.64. The minimum absolute atomic E-state index is 0.182. The van der Waals surface area contributed by atoms with E-state index in [0.717, 1.165) is 60.4 Å². The highest BCUT2D eigenvalue weighted by molar-refractivity contribution is 6.19. The molecule has 0 unspecified atom stereocenters. The second kappa shape index (κ2) is 8.37. The fourth-order valence-electron chi connectivity index (χ4n) is 7.03. The molecule has 0 fully saturated rings. The van der Waals surface area contributed by atoms with E-state index in [9.17, 15) is 0 Å². The second-order valence-corrected chi connectivity index (χ2v) is 11.8. The van der Waals surface area contributed by atoms with Gasteiger partial charge in [-0.05, 0) is 45.8 Å². The van der Waals surface area contributed by atoms with Gasteiger partial charge in [0.05, 0.1) is 16.8 Å². The SMILES string of the molecule is CC1(C)c2ccccc2-c2c1cc(-c1nc(-c3ccccc3)c3ccc4ccccc4c3n1)c1oc3ccccc3c21. The quantitative estimate of drug-likeness (QED) is 0.206. The van der Waals surface area contributed by atoms with Crippen LogP contribution in [0.1, 0.15) is 25.0 Å². The lowest BCUT2D eigenvalue weighted by Crippen LogP contribution is -2.15. The van der Waals surface area contributed by atoms with E-state index in [1.807, 2.05) is 12.1 Å². The number of furan rings is 1. The summed E-state index contributed by atoms with van der Waals surface area (Å²) in [5.41, 5.74) is 10.5. The summed E-state index contributed by atoms with van der Waals surface area (Å²) in [5.74, 6) is 0.677. The Hall–Kier alpha value is -5.28. The van der Waals surface area contributed by atoms with Crippen molar-refractivity contribution >= 4 is 43.6 Å². The van der Waals surface area contributed by atoms with Gasteiger partial charge in [-0.25, -0.2) is 9.97 Å². The molecule has 0 saturated heterocycles. The third kappa shape index (κ3) is 3.11. The van der Waals surface area contributed by atoms with E-state index >= 15 is 0 Å². The Morgan fingerprint density at radius 3 is 2.21 bits per heavy atom. The molecule has 1 aliphatic carbocycles. The molecule has 198 valence electrons. The number of nitrogens with zero attached hydrogens (tertiary/aromatic N) is 2. The summed E-state index contributed by atoms with van der Waals surface area (Å²) in [6.07, 6.45) is 0. The molecule has 0 aliphatic heterocycles.